The molecule has 10 heteroatoms. The first-order chi connectivity index (χ1) is 16.8. The molecule has 0 bridgehead atoms. The van der Waals surface area contributed by atoms with Crippen LogP contribution in [-0.4, -0.2) is 47.4 Å². The zero-order valence-electron chi connectivity index (χ0n) is 18.1. The lowest BCUT2D eigenvalue weighted by Gasteiger charge is -2.16. The average molecular weight is 515 g/mol. The first-order valence-corrected chi connectivity index (χ1v) is 11.3. The lowest BCUT2D eigenvalue weighted by atomic mass is 9.98. The quantitative estimate of drug-likeness (QED) is 0.367. The highest BCUT2D eigenvalue weighted by Crippen LogP contribution is 2.44. The number of benzene rings is 3. The molecule has 0 aliphatic heterocycles. The third-order valence-corrected chi connectivity index (χ3v) is 6.26. The minimum atomic E-state index is -1.49. The van der Waals surface area contributed by atoms with Gasteiger partial charge in [-0.15, -0.1) is 0 Å². The number of carbonyl (C=O) groups excluding carboxylic acids is 2. The van der Waals surface area contributed by atoms with Crippen molar-refractivity contribution in [1.82, 2.24) is 5.32 Å². The standard InChI is InChI=1S/C25H20Cl2N2O6/c26-19-9-13(23(31)28-21(11-30)24(32)33)10-20(27)22(19)29-25(34)35-12-18-16-7-3-1-5-14(16)15-6-2-4-8-17(15)18/h1-10,18,21,30H,11-12H2,(H,28,31)(H,29,34)(H,32,33)/t21-/m0/s1. The first kappa shape index (κ1) is 24.5. The van der Waals surface area contributed by atoms with Crippen molar-refractivity contribution in [3.63, 3.8) is 0 Å². The van der Waals surface area contributed by atoms with E-state index >= 15 is 0 Å². The van der Waals surface area contributed by atoms with Gasteiger partial charge in [0, 0.05) is 11.5 Å². The smallest absolute Gasteiger partial charge is 0.411 e. The van der Waals surface area contributed by atoms with Gasteiger partial charge in [0.2, 0.25) is 0 Å². The zero-order valence-corrected chi connectivity index (χ0v) is 19.6. The van der Waals surface area contributed by atoms with Crippen molar-refractivity contribution in [1.29, 1.82) is 0 Å². The maximum Gasteiger partial charge on any atom is 0.411 e. The zero-order chi connectivity index (χ0) is 25.1. The molecule has 35 heavy (non-hydrogen) atoms. The summed E-state index contributed by atoms with van der Waals surface area (Å²) in [4.78, 5) is 35.9. The van der Waals surface area contributed by atoms with Crippen molar-refractivity contribution >= 4 is 46.9 Å². The van der Waals surface area contributed by atoms with Crippen LogP contribution < -0.4 is 10.6 Å². The molecular weight excluding hydrogens is 495 g/mol. The van der Waals surface area contributed by atoms with Gasteiger partial charge in [0.25, 0.3) is 5.91 Å². The highest BCUT2D eigenvalue weighted by atomic mass is 35.5. The highest BCUT2D eigenvalue weighted by Gasteiger charge is 2.29. The van der Waals surface area contributed by atoms with E-state index in [-0.39, 0.29) is 33.8 Å². The molecule has 4 N–H and O–H groups in total. The summed E-state index contributed by atoms with van der Waals surface area (Å²) >= 11 is 12.4. The SMILES string of the molecule is O=C(Nc1c(Cl)cc(C(=O)N[C@@H](CO)C(=O)O)cc1Cl)OCC1c2ccccc2-c2ccccc21. The molecule has 4 rings (SSSR count). The minimum absolute atomic E-state index is 0.0408. The van der Waals surface area contributed by atoms with Crippen molar-refractivity contribution < 1.29 is 29.3 Å². The summed E-state index contributed by atoms with van der Waals surface area (Å²) in [5.74, 6) is -2.33. The molecule has 2 amide bonds. The van der Waals surface area contributed by atoms with Gasteiger partial charge in [0.15, 0.2) is 6.04 Å². The van der Waals surface area contributed by atoms with Crippen LogP contribution in [0.5, 0.6) is 0 Å². The third kappa shape index (κ3) is 5.09. The Morgan fingerprint density at radius 1 is 0.943 bits per heavy atom. The summed E-state index contributed by atoms with van der Waals surface area (Å²) in [6, 6.07) is 16.8. The van der Waals surface area contributed by atoms with E-state index in [9.17, 15) is 14.4 Å². The normalized spacial score (nSPS) is 12.9. The molecule has 0 aromatic heterocycles. The molecule has 0 saturated heterocycles. The van der Waals surface area contributed by atoms with Crippen LogP contribution in [0.2, 0.25) is 10.0 Å². The number of amides is 2. The lowest BCUT2D eigenvalue weighted by molar-refractivity contribution is -0.140. The number of carboxylic acids is 1. The fraction of sp³-hybridized carbons (Fsp3) is 0.160. The topological polar surface area (TPSA) is 125 Å². The Balaban J connectivity index is 1.44. The molecular formula is C25H20Cl2N2O6. The Kier molecular flexibility index (Phi) is 7.25. The number of fused-ring (bicyclic) bond motifs is 3. The van der Waals surface area contributed by atoms with Crippen LogP contribution in [0.3, 0.4) is 0 Å². The molecule has 8 nitrogen and oxygen atoms in total. The van der Waals surface area contributed by atoms with Crippen LogP contribution in [0.4, 0.5) is 10.5 Å². The molecule has 1 aliphatic rings. The van der Waals surface area contributed by atoms with E-state index in [1.54, 1.807) is 0 Å². The van der Waals surface area contributed by atoms with Gasteiger partial charge < -0.3 is 20.3 Å². The number of anilines is 1. The first-order valence-electron chi connectivity index (χ1n) is 10.6. The van der Waals surface area contributed by atoms with Gasteiger partial charge in [-0.2, -0.15) is 0 Å². The van der Waals surface area contributed by atoms with Crippen LogP contribution in [0, 0.1) is 0 Å². The summed E-state index contributed by atoms with van der Waals surface area (Å²) in [7, 11) is 0. The second kappa shape index (κ2) is 10.4. The molecule has 0 spiro atoms. The van der Waals surface area contributed by atoms with E-state index in [1.807, 2.05) is 48.5 Å². The Hall–Kier alpha value is -3.59. The predicted molar refractivity (Wildman–Crippen MR) is 131 cm³/mol. The summed E-state index contributed by atoms with van der Waals surface area (Å²) in [5.41, 5.74) is 4.33. The van der Waals surface area contributed by atoms with E-state index in [1.165, 1.54) is 12.1 Å². The summed E-state index contributed by atoms with van der Waals surface area (Å²) in [5, 5.41) is 22.6. The number of hydrogen-bond acceptors (Lipinski definition) is 5. The van der Waals surface area contributed by atoms with Gasteiger partial charge in [-0.05, 0) is 34.4 Å². The number of carbonyl (C=O) groups is 3. The van der Waals surface area contributed by atoms with Crippen molar-refractivity contribution in [3.05, 3.63) is 87.4 Å². The average Bonchev–Trinajstić information content (AvgIpc) is 3.16. The number of carboxylic acid groups (broad SMARTS) is 1. The molecule has 3 aromatic carbocycles. The largest absolute Gasteiger partial charge is 0.480 e. The Morgan fingerprint density at radius 2 is 1.49 bits per heavy atom. The van der Waals surface area contributed by atoms with Crippen LogP contribution in [0.25, 0.3) is 11.1 Å². The summed E-state index contributed by atoms with van der Waals surface area (Å²) in [6.45, 7) is -0.697. The van der Waals surface area contributed by atoms with Gasteiger partial charge >= 0.3 is 12.1 Å². The van der Waals surface area contributed by atoms with Crippen molar-refractivity contribution in [2.75, 3.05) is 18.5 Å². The maximum absolute atomic E-state index is 12.6. The van der Waals surface area contributed by atoms with Crippen LogP contribution in [0.1, 0.15) is 27.4 Å². The molecule has 0 saturated carbocycles. The number of rotatable bonds is 7. The Labute approximate surface area is 210 Å². The molecule has 0 heterocycles. The van der Waals surface area contributed by atoms with E-state index in [0.717, 1.165) is 22.3 Å². The van der Waals surface area contributed by atoms with E-state index < -0.39 is 30.6 Å². The van der Waals surface area contributed by atoms with Gasteiger partial charge in [-0.25, -0.2) is 9.59 Å². The fourth-order valence-electron chi connectivity index (χ4n) is 3.99. The molecule has 180 valence electrons. The Morgan fingerprint density at radius 3 is 2.00 bits per heavy atom. The molecule has 3 aromatic rings. The van der Waals surface area contributed by atoms with Crippen LogP contribution >= 0.6 is 23.2 Å². The summed E-state index contributed by atoms with van der Waals surface area (Å²) < 4.78 is 5.49. The number of aliphatic carboxylic acids is 1. The summed E-state index contributed by atoms with van der Waals surface area (Å²) in [6.07, 6.45) is -0.779. The number of ether oxygens (including phenoxy) is 1. The Bertz CT molecular complexity index is 1240. The number of nitrogens with one attached hydrogen (secondary N) is 2. The maximum atomic E-state index is 12.6. The van der Waals surface area contributed by atoms with Gasteiger partial charge in [0.05, 0.1) is 22.3 Å². The highest BCUT2D eigenvalue weighted by molar-refractivity contribution is 6.40. The van der Waals surface area contributed by atoms with E-state index in [4.69, 9.17) is 38.2 Å². The number of aliphatic hydroxyl groups excluding tert-OH is 1. The fourth-order valence-corrected chi connectivity index (χ4v) is 4.57. The van der Waals surface area contributed by atoms with Crippen LogP contribution in [-0.2, 0) is 9.53 Å². The van der Waals surface area contributed by atoms with Gasteiger partial charge in [-0.1, -0.05) is 71.7 Å². The second-order valence-electron chi connectivity index (χ2n) is 7.81. The molecule has 0 radical (unpaired) electrons. The lowest BCUT2D eigenvalue weighted by Crippen LogP contribution is -2.43. The number of hydrogen-bond donors (Lipinski definition) is 4. The minimum Gasteiger partial charge on any atom is -0.480 e. The van der Waals surface area contributed by atoms with Crippen molar-refractivity contribution in [3.8, 4) is 11.1 Å². The van der Waals surface area contributed by atoms with Gasteiger partial charge in [-0.3, -0.25) is 10.1 Å². The molecule has 0 unspecified atom stereocenters. The van der Waals surface area contributed by atoms with E-state index in [2.05, 4.69) is 10.6 Å². The van der Waals surface area contributed by atoms with Crippen molar-refractivity contribution in [2.24, 2.45) is 0 Å². The predicted octanol–water partition coefficient (Wildman–Crippen LogP) is 4.53. The van der Waals surface area contributed by atoms with E-state index in [0.29, 0.717) is 0 Å². The van der Waals surface area contributed by atoms with Crippen molar-refractivity contribution in [2.45, 2.75) is 12.0 Å². The van der Waals surface area contributed by atoms with Gasteiger partial charge in [0.1, 0.15) is 6.61 Å². The number of aliphatic hydroxyl groups is 1. The van der Waals surface area contributed by atoms with Crippen LogP contribution in [0.15, 0.2) is 60.7 Å². The molecule has 1 aliphatic carbocycles. The second-order valence-corrected chi connectivity index (χ2v) is 8.63. The molecule has 0 fully saturated rings. The molecule has 1 atom stereocenters. The third-order valence-electron chi connectivity index (χ3n) is 5.66. The monoisotopic (exact) mass is 514 g/mol. The number of halogens is 2.